The Bertz CT molecular complexity index is 1020. The lowest BCUT2D eigenvalue weighted by molar-refractivity contribution is 0.373. The maximum atomic E-state index is 4.69. The maximum absolute atomic E-state index is 4.69. The summed E-state index contributed by atoms with van der Waals surface area (Å²) >= 11 is 5.12. The molecule has 3 aromatic rings. The third-order valence-electron chi connectivity index (χ3n) is 5.90. The lowest BCUT2D eigenvalue weighted by Crippen LogP contribution is -2.19. The van der Waals surface area contributed by atoms with Gasteiger partial charge in [-0.2, -0.15) is 4.98 Å². The van der Waals surface area contributed by atoms with E-state index in [1.165, 1.54) is 42.6 Å². The van der Waals surface area contributed by atoms with Gasteiger partial charge in [0.15, 0.2) is 0 Å². The number of nitrogens with zero attached hydrogens (tertiary/aromatic N) is 3. The van der Waals surface area contributed by atoms with Crippen molar-refractivity contribution < 1.29 is 0 Å². The number of fused-ring (bicyclic) bond motifs is 1. The van der Waals surface area contributed by atoms with Gasteiger partial charge in [0.2, 0.25) is 5.95 Å². The van der Waals surface area contributed by atoms with Gasteiger partial charge in [-0.15, -0.1) is 0 Å². The molecule has 1 saturated carbocycles. The largest absolute Gasteiger partial charge is 0.362 e. The molecule has 1 aliphatic carbocycles. The maximum Gasteiger partial charge on any atom is 0.225 e. The van der Waals surface area contributed by atoms with Crippen LogP contribution in [0.5, 0.6) is 0 Å². The third kappa shape index (κ3) is 7.59. The number of rotatable bonds is 7. The van der Waals surface area contributed by atoms with Crippen molar-refractivity contribution in [3.63, 3.8) is 0 Å². The van der Waals surface area contributed by atoms with E-state index in [4.69, 9.17) is 0 Å². The summed E-state index contributed by atoms with van der Waals surface area (Å²) < 4.78 is 4.23. The number of benzene rings is 2. The minimum Gasteiger partial charge on any atom is -0.362 e. The van der Waals surface area contributed by atoms with Gasteiger partial charge in [-0.1, -0.05) is 54.2 Å². The minimum absolute atomic E-state index is 0.753. The molecule has 0 atom stereocenters. The highest BCUT2D eigenvalue weighted by Gasteiger charge is 2.14. The summed E-state index contributed by atoms with van der Waals surface area (Å²) in [4.78, 5) is 12.7. The zero-order valence-electron chi connectivity index (χ0n) is 20.2. The van der Waals surface area contributed by atoms with Crippen LogP contribution in [0.1, 0.15) is 44.6 Å². The predicted molar refractivity (Wildman–Crippen MR) is 147 cm³/mol. The number of hydrogen-bond donors (Lipinski definition) is 2. The van der Waals surface area contributed by atoms with Crippen LogP contribution in [-0.4, -0.2) is 37.7 Å². The summed E-state index contributed by atoms with van der Waals surface area (Å²) in [5.41, 5.74) is 2.38. The molecule has 0 unspecified atom stereocenters. The molecule has 33 heavy (non-hydrogen) atoms. The molecule has 1 aromatic heterocycles. The van der Waals surface area contributed by atoms with Gasteiger partial charge >= 0.3 is 0 Å². The fraction of sp³-hybridized carbons (Fsp3) is 0.462. The summed E-state index contributed by atoms with van der Waals surface area (Å²) in [6, 6.07) is 14.6. The second-order valence-electron chi connectivity index (χ2n) is 8.58. The number of nitrogens with one attached hydrogen (secondary N) is 2. The minimum atomic E-state index is 0.753. The molecule has 1 aliphatic rings. The zero-order chi connectivity index (χ0) is 23.6. The number of aromatic nitrogens is 2. The normalized spacial score (nSPS) is 14.0. The van der Waals surface area contributed by atoms with E-state index in [0.29, 0.717) is 0 Å². The van der Waals surface area contributed by atoms with Crippen LogP contribution < -0.4 is 14.9 Å². The molecule has 0 saturated heterocycles. The topological polar surface area (TPSA) is 53.1 Å². The summed E-state index contributed by atoms with van der Waals surface area (Å²) in [6.07, 6.45) is 7.88. The predicted octanol–water partition coefficient (Wildman–Crippen LogP) is 6.93. The molecule has 0 bridgehead atoms. The summed E-state index contributed by atoms with van der Waals surface area (Å²) in [5, 5.41) is 4.56. The van der Waals surface area contributed by atoms with Crippen molar-refractivity contribution in [2.45, 2.75) is 50.3 Å². The van der Waals surface area contributed by atoms with Crippen molar-refractivity contribution in [2.24, 2.45) is 5.92 Å². The first-order chi connectivity index (χ1) is 16.0. The Morgan fingerprint density at radius 1 is 1.06 bits per heavy atom. The molecule has 7 heteroatoms. The van der Waals surface area contributed by atoms with E-state index in [9.17, 15) is 0 Å². The second-order valence-corrected chi connectivity index (χ2v) is 10.5. The van der Waals surface area contributed by atoms with E-state index in [1.807, 2.05) is 33.3 Å². The van der Waals surface area contributed by atoms with Crippen LogP contribution in [0.4, 0.5) is 11.8 Å². The van der Waals surface area contributed by atoms with Crippen LogP contribution in [0.2, 0.25) is 0 Å². The molecular formula is C26H36BrN5S. The first-order valence-electron chi connectivity index (χ1n) is 11.8. The van der Waals surface area contributed by atoms with Crippen molar-refractivity contribution in [1.82, 2.24) is 14.7 Å². The summed E-state index contributed by atoms with van der Waals surface area (Å²) in [7, 11) is 5.99. The van der Waals surface area contributed by atoms with Crippen molar-refractivity contribution >= 4 is 50.5 Å². The second kappa shape index (κ2) is 13.2. The molecule has 178 valence electrons. The van der Waals surface area contributed by atoms with Crippen LogP contribution in [0.25, 0.3) is 10.9 Å². The van der Waals surface area contributed by atoms with Crippen molar-refractivity contribution in [2.75, 3.05) is 37.9 Å². The first kappa shape index (κ1) is 25.8. The molecule has 0 amide bonds. The van der Waals surface area contributed by atoms with E-state index < -0.39 is 0 Å². The number of halogens is 1. The summed E-state index contributed by atoms with van der Waals surface area (Å²) in [5.74, 6) is 2.51. The highest BCUT2D eigenvalue weighted by molar-refractivity contribution is 9.10. The monoisotopic (exact) mass is 529 g/mol. The van der Waals surface area contributed by atoms with E-state index in [-0.39, 0.29) is 0 Å². The van der Waals surface area contributed by atoms with Crippen LogP contribution in [0, 0.1) is 5.92 Å². The molecule has 4 rings (SSSR count). The van der Waals surface area contributed by atoms with Gasteiger partial charge in [0.1, 0.15) is 5.82 Å². The SMILES string of the molecule is CCc1cc(Br)ccc1SNC.CN(C)c1nc(NCC2CCCCC2)nc2ccccc12. The third-order valence-corrected chi connectivity index (χ3v) is 7.21. The molecule has 0 radical (unpaired) electrons. The van der Waals surface area contributed by atoms with E-state index in [0.717, 1.165) is 46.0 Å². The lowest BCUT2D eigenvalue weighted by Gasteiger charge is -2.22. The quantitative estimate of drug-likeness (QED) is 0.323. The highest BCUT2D eigenvalue weighted by atomic mass is 79.9. The Labute approximate surface area is 211 Å². The molecule has 5 nitrogen and oxygen atoms in total. The molecule has 0 aliphatic heterocycles. The standard InChI is InChI=1S/C17H24N4.C9H12BrNS/c1-21(2)16-14-10-6-7-11-15(14)19-17(20-16)18-12-13-8-4-3-5-9-13;1-3-7-6-8(10)4-5-9(7)12-11-2/h6-7,10-11,13H,3-5,8-9,12H2,1-2H3,(H,18,19,20);4-6,11H,3H2,1-2H3. The Kier molecular flexibility index (Phi) is 10.3. The number of aryl methyl sites for hydroxylation is 1. The Balaban J connectivity index is 0.000000218. The first-order valence-corrected chi connectivity index (χ1v) is 13.4. The van der Waals surface area contributed by atoms with E-state index in [2.05, 4.69) is 78.1 Å². The molecule has 1 heterocycles. The van der Waals surface area contributed by atoms with E-state index >= 15 is 0 Å². The Morgan fingerprint density at radius 3 is 2.52 bits per heavy atom. The number of para-hydroxylation sites is 1. The van der Waals surface area contributed by atoms with Gasteiger partial charge < -0.3 is 10.2 Å². The average molecular weight is 531 g/mol. The van der Waals surface area contributed by atoms with Crippen LogP contribution in [-0.2, 0) is 6.42 Å². The van der Waals surface area contributed by atoms with Gasteiger partial charge in [0.25, 0.3) is 0 Å². The molecule has 0 spiro atoms. The fourth-order valence-electron chi connectivity index (χ4n) is 4.14. The van der Waals surface area contributed by atoms with Crippen LogP contribution >= 0.6 is 27.9 Å². The number of hydrogen-bond acceptors (Lipinski definition) is 6. The van der Waals surface area contributed by atoms with Crippen molar-refractivity contribution in [1.29, 1.82) is 0 Å². The molecular weight excluding hydrogens is 494 g/mol. The zero-order valence-corrected chi connectivity index (χ0v) is 22.6. The summed E-state index contributed by atoms with van der Waals surface area (Å²) in [6.45, 7) is 3.16. The number of anilines is 2. The Hall–Kier alpha value is -1.83. The van der Waals surface area contributed by atoms with Gasteiger partial charge in [-0.05, 0) is 80.1 Å². The highest BCUT2D eigenvalue weighted by Crippen LogP contribution is 2.26. The molecule has 1 fully saturated rings. The fourth-order valence-corrected chi connectivity index (χ4v) is 5.24. The van der Waals surface area contributed by atoms with Gasteiger partial charge in [-0.25, -0.2) is 4.98 Å². The van der Waals surface area contributed by atoms with Crippen LogP contribution in [0.3, 0.4) is 0 Å². The van der Waals surface area contributed by atoms with Crippen LogP contribution in [0.15, 0.2) is 51.8 Å². The van der Waals surface area contributed by atoms with Crippen molar-refractivity contribution in [3.05, 3.63) is 52.5 Å². The lowest BCUT2D eigenvalue weighted by atomic mass is 9.89. The van der Waals surface area contributed by atoms with Gasteiger partial charge in [0.05, 0.1) is 5.52 Å². The average Bonchev–Trinajstić information content (AvgIpc) is 2.84. The van der Waals surface area contributed by atoms with Gasteiger partial charge in [-0.3, -0.25) is 4.72 Å². The van der Waals surface area contributed by atoms with Crippen molar-refractivity contribution in [3.8, 4) is 0 Å². The molecule has 2 N–H and O–H groups in total. The van der Waals surface area contributed by atoms with Gasteiger partial charge in [0, 0.05) is 35.4 Å². The smallest absolute Gasteiger partial charge is 0.225 e. The Morgan fingerprint density at radius 2 is 1.82 bits per heavy atom. The molecule has 2 aromatic carbocycles. The van der Waals surface area contributed by atoms with E-state index in [1.54, 1.807) is 11.9 Å².